The van der Waals surface area contributed by atoms with E-state index in [0.717, 1.165) is 13.1 Å². The number of carbonyl (C=O) groups excluding carboxylic acids is 2. The molecule has 23 heavy (non-hydrogen) atoms. The number of carbonyl (C=O) groups is 2. The minimum atomic E-state index is -0.560. The topological polar surface area (TPSA) is 79.7 Å². The minimum Gasteiger partial charge on any atom is -0.464 e. The summed E-state index contributed by atoms with van der Waals surface area (Å²) in [5.74, 6) is -0.560. The van der Waals surface area contributed by atoms with Crippen LogP contribution >= 0.6 is 0 Å². The van der Waals surface area contributed by atoms with E-state index in [2.05, 4.69) is 15.3 Å². The van der Waals surface area contributed by atoms with Crippen molar-refractivity contribution in [2.75, 3.05) is 38.6 Å². The molecule has 0 radical (unpaired) electrons. The lowest BCUT2D eigenvalue weighted by molar-refractivity contribution is 0.0594. The minimum absolute atomic E-state index is 0.122. The van der Waals surface area contributed by atoms with Gasteiger partial charge in [-0.3, -0.25) is 9.58 Å². The Kier molecular flexibility index (Phi) is 4.51. The molecular weight excluding hydrogens is 298 g/mol. The second-order valence-electron chi connectivity index (χ2n) is 6.09. The molecule has 0 unspecified atom stereocenters. The van der Waals surface area contributed by atoms with Crippen LogP contribution in [0.4, 0.5) is 10.5 Å². The SMILES string of the molecule is COC(=O)c1nn(C)cc1NC(=O)N1CCN(C2CCC2)CC1. The van der Waals surface area contributed by atoms with Gasteiger partial charge in [0.05, 0.1) is 12.8 Å². The third-order valence-electron chi connectivity index (χ3n) is 4.64. The molecule has 1 aliphatic heterocycles. The first kappa shape index (κ1) is 15.8. The maximum absolute atomic E-state index is 12.4. The fourth-order valence-corrected chi connectivity index (χ4v) is 3.06. The number of aromatic nitrogens is 2. The molecule has 8 nitrogen and oxygen atoms in total. The van der Waals surface area contributed by atoms with Crippen LogP contribution in [0, 0.1) is 0 Å². The summed E-state index contributed by atoms with van der Waals surface area (Å²) in [7, 11) is 2.99. The summed E-state index contributed by atoms with van der Waals surface area (Å²) < 4.78 is 6.17. The van der Waals surface area contributed by atoms with E-state index in [-0.39, 0.29) is 11.7 Å². The van der Waals surface area contributed by atoms with Crippen molar-refractivity contribution in [1.29, 1.82) is 0 Å². The number of methoxy groups -OCH3 is 1. The number of ether oxygens (including phenoxy) is 1. The van der Waals surface area contributed by atoms with Crippen LogP contribution in [0.3, 0.4) is 0 Å². The van der Waals surface area contributed by atoms with Crippen molar-refractivity contribution in [2.24, 2.45) is 7.05 Å². The lowest BCUT2D eigenvalue weighted by Gasteiger charge is -2.42. The molecule has 0 atom stereocenters. The van der Waals surface area contributed by atoms with Crippen LogP contribution in [0.1, 0.15) is 29.8 Å². The predicted octanol–water partition coefficient (Wildman–Crippen LogP) is 0.909. The molecule has 0 aromatic carbocycles. The third-order valence-corrected chi connectivity index (χ3v) is 4.64. The molecule has 1 saturated heterocycles. The molecule has 2 fully saturated rings. The Morgan fingerprint density at radius 2 is 1.96 bits per heavy atom. The van der Waals surface area contributed by atoms with Gasteiger partial charge in [-0.25, -0.2) is 9.59 Å². The van der Waals surface area contributed by atoms with Gasteiger partial charge in [-0.05, 0) is 12.8 Å². The van der Waals surface area contributed by atoms with Crippen LogP contribution in [0.15, 0.2) is 6.20 Å². The average molecular weight is 321 g/mol. The average Bonchev–Trinajstić information content (AvgIpc) is 2.86. The number of nitrogens with one attached hydrogen (secondary N) is 1. The Morgan fingerprint density at radius 1 is 1.26 bits per heavy atom. The van der Waals surface area contributed by atoms with Gasteiger partial charge in [-0.2, -0.15) is 5.10 Å². The highest BCUT2D eigenvalue weighted by atomic mass is 16.5. The van der Waals surface area contributed by atoms with Gasteiger partial charge in [0.2, 0.25) is 0 Å². The number of aryl methyl sites for hydroxylation is 1. The van der Waals surface area contributed by atoms with Gasteiger partial charge < -0.3 is 15.0 Å². The normalized spacial score (nSPS) is 19.3. The Balaban J connectivity index is 1.58. The van der Waals surface area contributed by atoms with E-state index in [1.807, 2.05) is 0 Å². The van der Waals surface area contributed by atoms with Gasteiger partial charge in [0.25, 0.3) is 0 Å². The van der Waals surface area contributed by atoms with Crippen LogP contribution in [-0.4, -0.2) is 70.9 Å². The smallest absolute Gasteiger partial charge is 0.360 e. The summed E-state index contributed by atoms with van der Waals surface area (Å²) in [6, 6.07) is 0.515. The number of rotatable bonds is 3. The summed E-state index contributed by atoms with van der Waals surface area (Å²) >= 11 is 0. The second-order valence-corrected chi connectivity index (χ2v) is 6.09. The molecule has 1 saturated carbocycles. The zero-order valence-corrected chi connectivity index (χ0v) is 13.6. The summed E-state index contributed by atoms with van der Waals surface area (Å²) in [5, 5.41) is 6.81. The number of hydrogen-bond acceptors (Lipinski definition) is 5. The van der Waals surface area contributed by atoms with E-state index in [1.165, 1.54) is 31.1 Å². The van der Waals surface area contributed by atoms with E-state index < -0.39 is 5.97 Å². The third kappa shape index (κ3) is 3.31. The van der Waals surface area contributed by atoms with E-state index in [4.69, 9.17) is 4.74 Å². The van der Waals surface area contributed by atoms with Crippen LogP contribution < -0.4 is 5.32 Å². The van der Waals surface area contributed by atoms with Crippen molar-refractivity contribution < 1.29 is 14.3 Å². The molecule has 0 spiro atoms. The van der Waals surface area contributed by atoms with Crippen LogP contribution in [0.2, 0.25) is 0 Å². The summed E-state index contributed by atoms with van der Waals surface area (Å²) in [5.41, 5.74) is 0.502. The van der Waals surface area contributed by atoms with E-state index in [1.54, 1.807) is 18.1 Å². The lowest BCUT2D eigenvalue weighted by atomic mass is 9.91. The van der Waals surface area contributed by atoms with E-state index in [9.17, 15) is 9.59 Å². The highest BCUT2D eigenvalue weighted by molar-refractivity contribution is 5.99. The fraction of sp³-hybridized carbons (Fsp3) is 0.667. The maximum atomic E-state index is 12.4. The molecule has 2 heterocycles. The Labute approximate surface area is 135 Å². The largest absolute Gasteiger partial charge is 0.464 e. The number of urea groups is 1. The molecule has 2 amide bonds. The molecule has 126 valence electrons. The zero-order valence-electron chi connectivity index (χ0n) is 13.6. The first-order valence-corrected chi connectivity index (χ1v) is 8.00. The molecule has 3 rings (SSSR count). The molecule has 2 aliphatic rings. The molecule has 8 heteroatoms. The number of piperazine rings is 1. The van der Waals surface area contributed by atoms with E-state index >= 15 is 0 Å². The highest BCUT2D eigenvalue weighted by Crippen LogP contribution is 2.25. The maximum Gasteiger partial charge on any atom is 0.360 e. The van der Waals surface area contributed by atoms with Crippen molar-refractivity contribution in [3.05, 3.63) is 11.9 Å². The van der Waals surface area contributed by atoms with Gasteiger partial charge >= 0.3 is 12.0 Å². The van der Waals surface area contributed by atoms with Gasteiger partial charge in [-0.1, -0.05) is 6.42 Å². The zero-order chi connectivity index (χ0) is 16.4. The molecule has 1 N–H and O–H groups in total. The molecule has 0 bridgehead atoms. The monoisotopic (exact) mass is 321 g/mol. The summed E-state index contributed by atoms with van der Waals surface area (Å²) in [6.07, 6.45) is 5.49. The van der Waals surface area contributed by atoms with Gasteiger partial charge in [0.1, 0.15) is 0 Å². The van der Waals surface area contributed by atoms with Gasteiger partial charge in [-0.15, -0.1) is 0 Å². The first-order valence-electron chi connectivity index (χ1n) is 8.00. The number of esters is 1. The lowest BCUT2D eigenvalue weighted by Crippen LogP contribution is -2.54. The van der Waals surface area contributed by atoms with Crippen LogP contribution in [0.5, 0.6) is 0 Å². The fourth-order valence-electron chi connectivity index (χ4n) is 3.06. The molecule has 1 aliphatic carbocycles. The second kappa shape index (κ2) is 6.57. The molecular formula is C15H23N5O3. The van der Waals surface area contributed by atoms with E-state index in [0.29, 0.717) is 24.8 Å². The predicted molar refractivity (Wildman–Crippen MR) is 84.4 cm³/mol. The standard InChI is InChI=1S/C15H23N5O3/c1-18-10-12(13(17-18)14(21)23-2)16-15(22)20-8-6-19(7-9-20)11-4-3-5-11/h10-11H,3-9H2,1-2H3,(H,16,22). The van der Waals surface area contributed by atoms with Crippen molar-refractivity contribution in [3.63, 3.8) is 0 Å². The highest BCUT2D eigenvalue weighted by Gasteiger charge is 2.30. The molecule has 1 aromatic rings. The molecule has 1 aromatic heterocycles. The Bertz CT molecular complexity index is 588. The number of hydrogen-bond donors (Lipinski definition) is 1. The van der Waals surface area contributed by atoms with Gasteiger partial charge in [0.15, 0.2) is 5.69 Å². The summed E-state index contributed by atoms with van der Waals surface area (Å²) in [4.78, 5) is 28.4. The van der Waals surface area contributed by atoms with Crippen LogP contribution in [-0.2, 0) is 11.8 Å². The number of nitrogens with zero attached hydrogens (tertiary/aromatic N) is 4. The van der Waals surface area contributed by atoms with Crippen molar-refractivity contribution >= 4 is 17.7 Å². The van der Waals surface area contributed by atoms with Crippen molar-refractivity contribution in [2.45, 2.75) is 25.3 Å². The quantitative estimate of drug-likeness (QED) is 0.837. The number of anilines is 1. The Morgan fingerprint density at radius 3 is 2.52 bits per heavy atom. The number of amides is 2. The van der Waals surface area contributed by atoms with Crippen molar-refractivity contribution in [3.8, 4) is 0 Å². The first-order chi connectivity index (χ1) is 11.1. The van der Waals surface area contributed by atoms with Gasteiger partial charge in [0, 0.05) is 45.5 Å². The Hall–Kier alpha value is -2.09. The summed E-state index contributed by atoms with van der Waals surface area (Å²) in [6.45, 7) is 3.23. The van der Waals surface area contributed by atoms with Crippen molar-refractivity contribution in [1.82, 2.24) is 19.6 Å². The van der Waals surface area contributed by atoms with Crippen LogP contribution in [0.25, 0.3) is 0 Å².